The van der Waals surface area contributed by atoms with Crippen LogP contribution >= 0.6 is 11.6 Å². The monoisotopic (exact) mass is 520 g/mol. The molecule has 0 N–H and O–H groups in total. The fourth-order valence-electron chi connectivity index (χ4n) is 4.42. The molecule has 0 radical (unpaired) electrons. The summed E-state index contributed by atoms with van der Waals surface area (Å²) in [6.07, 6.45) is 3.37. The number of benzene rings is 2. The third-order valence-corrected chi connectivity index (χ3v) is 8.28. The summed E-state index contributed by atoms with van der Waals surface area (Å²) < 4.78 is 26.3. The van der Waals surface area contributed by atoms with E-state index in [1.54, 1.807) is 60.9 Å². The van der Waals surface area contributed by atoms with Crippen molar-refractivity contribution in [2.45, 2.75) is 17.2 Å². The molecule has 9 heteroatoms. The number of halogens is 1. The number of carbonyl (C=O) groups excluding carboxylic acids is 1. The molecule has 0 unspecified atom stereocenters. The van der Waals surface area contributed by atoms with Crippen LogP contribution in [-0.2, 0) is 22.1 Å². The molecule has 1 aliphatic rings. The fraction of sp³-hybridized carbons (Fsp3) is 0.222. The summed E-state index contributed by atoms with van der Waals surface area (Å²) in [5.41, 5.74) is 2.74. The Hall–Kier alpha value is -3.33. The summed E-state index contributed by atoms with van der Waals surface area (Å²) in [6.45, 7) is 3.56. The van der Waals surface area contributed by atoms with Crippen LogP contribution in [0.15, 0.2) is 84.0 Å². The number of hydrogen-bond donors (Lipinski definition) is 0. The van der Waals surface area contributed by atoms with Crippen LogP contribution in [-0.4, -0.2) is 60.3 Å². The molecule has 0 spiro atoms. The molecule has 7 nitrogen and oxygen atoms in total. The van der Waals surface area contributed by atoms with E-state index in [1.165, 1.54) is 0 Å². The summed E-state index contributed by atoms with van der Waals surface area (Å²) in [5, 5.41) is 1.26. The van der Waals surface area contributed by atoms with Gasteiger partial charge in [-0.2, -0.15) is 0 Å². The van der Waals surface area contributed by atoms with Gasteiger partial charge >= 0.3 is 0 Å². The number of fused-ring (bicyclic) bond motifs is 1. The smallest absolute Gasteiger partial charge is 0.253 e. The Bertz CT molecular complexity index is 1480. The number of nitrogens with zero attached hydrogens (tertiary/aromatic N) is 4. The molecule has 5 rings (SSSR count). The van der Waals surface area contributed by atoms with Crippen LogP contribution in [0.3, 0.4) is 0 Å². The van der Waals surface area contributed by atoms with Crippen molar-refractivity contribution in [2.24, 2.45) is 0 Å². The van der Waals surface area contributed by atoms with Gasteiger partial charge in [0.1, 0.15) is 5.15 Å². The molecule has 184 valence electrons. The molecular weight excluding hydrogens is 496 g/mol. The van der Waals surface area contributed by atoms with Gasteiger partial charge in [0.2, 0.25) is 0 Å². The zero-order valence-electron chi connectivity index (χ0n) is 19.5. The van der Waals surface area contributed by atoms with Gasteiger partial charge in [-0.3, -0.25) is 14.7 Å². The molecular formula is C27H25ClN4O3S. The van der Waals surface area contributed by atoms with Crippen molar-refractivity contribution in [3.05, 3.63) is 101 Å². The number of sulfone groups is 1. The van der Waals surface area contributed by atoms with Gasteiger partial charge in [-0.05, 0) is 41.5 Å². The van der Waals surface area contributed by atoms with E-state index in [0.717, 1.165) is 30.6 Å². The van der Waals surface area contributed by atoms with Crippen molar-refractivity contribution < 1.29 is 13.2 Å². The van der Waals surface area contributed by atoms with Crippen LogP contribution in [0.1, 0.15) is 21.5 Å². The van der Waals surface area contributed by atoms with Crippen LogP contribution in [0.5, 0.6) is 0 Å². The van der Waals surface area contributed by atoms with Crippen LogP contribution in [0.25, 0.3) is 10.9 Å². The first kappa shape index (κ1) is 24.4. The summed E-state index contributed by atoms with van der Waals surface area (Å²) >= 11 is 5.86. The Morgan fingerprint density at radius 3 is 2.31 bits per heavy atom. The minimum Gasteiger partial charge on any atom is -0.336 e. The number of rotatable bonds is 6. The standard InChI is InChI=1S/C27H25ClN4O3S/c28-25-11-8-21(17-30-25)18-31-13-15-32(16-14-31)27(33)23-9-6-20(7-10-23)19-36(34,35)24-5-1-3-22-4-2-12-29-26(22)24/h1-12,17H,13-16,18-19H2. The highest BCUT2D eigenvalue weighted by atomic mass is 35.5. The Labute approximate surface area is 215 Å². The van der Waals surface area contributed by atoms with Crippen molar-refractivity contribution in [3.63, 3.8) is 0 Å². The van der Waals surface area contributed by atoms with E-state index in [2.05, 4.69) is 14.9 Å². The second kappa shape index (κ2) is 10.3. The lowest BCUT2D eigenvalue weighted by Gasteiger charge is -2.34. The van der Waals surface area contributed by atoms with Crippen molar-refractivity contribution in [1.29, 1.82) is 0 Å². The zero-order chi connectivity index (χ0) is 25.1. The lowest BCUT2D eigenvalue weighted by Crippen LogP contribution is -2.48. The molecule has 0 bridgehead atoms. The number of para-hydroxylation sites is 1. The molecule has 1 fully saturated rings. The first-order chi connectivity index (χ1) is 17.4. The molecule has 1 saturated heterocycles. The van der Waals surface area contributed by atoms with Crippen LogP contribution in [0.2, 0.25) is 5.15 Å². The fourth-order valence-corrected chi connectivity index (χ4v) is 6.07. The van der Waals surface area contributed by atoms with Gasteiger partial charge in [0.05, 0.1) is 16.2 Å². The largest absolute Gasteiger partial charge is 0.336 e. The predicted molar refractivity (Wildman–Crippen MR) is 140 cm³/mol. The Morgan fingerprint density at radius 1 is 0.861 bits per heavy atom. The third kappa shape index (κ3) is 5.41. The molecule has 2 aromatic heterocycles. The topological polar surface area (TPSA) is 83.5 Å². The Kier molecular flexibility index (Phi) is 7.00. The normalized spacial score (nSPS) is 14.8. The molecule has 0 saturated carbocycles. The predicted octanol–water partition coefficient (Wildman–Crippen LogP) is 4.22. The highest BCUT2D eigenvalue weighted by molar-refractivity contribution is 7.90. The summed E-state index contributed by atoms with van der Waals surface area (Å²) in [7, 11) is -3.60. The van der Waals surface area contributed by atoms with E-state index in [0.29, 0.717) is 34.9 Å². The van der Waals surface area contributed by atoms with Gasteiger partial charge in [0.15, 0.2) is 9.84 Å². The Balaban J connectivity index is 1.21. The average Bonchev–Trinajstić information content (AvgIpc) is 2.90. The molecule has 1 amide bonds. The third-order valence-electron chi connectivity index (χ3n) is 6.34. The van der Waals surface area contributed by atoms with Gasteiger partial charge in [0, 0.05) is 56.1 Å². The molecule has 3 heterocycles. The number of piperazine rings is 1. The molecule has 4 aromatic rings. The quantitative estimate of drug-likeness (QED) is 0.354. The maximum absolute atomic E-state index is 13.1. The number of carbonyl (C=O) groups is 1. The van der Waals surface area contributed by atoms with Crippen molar-refractivity contribution in [2.75, 3.05) is 26.2 Å². The average molecular weight is 521 g/mol. The first-order valence-corrected chi connectivity index (χ1v) is 13.7. The van der Waals surface area contributed by atoms with Crippen molar-refractivity contribution in [1.82, 2.24) is 19.8 Å². The van der Waals surface area contributed by atoms with E-state index < -0.39 is 9.84 Å². The highest BCUT2D eigenvalue weighted by Gasteiger charge is 2.23. The van der Waals surface area contributed by atoms with E-state index in [4.69, 9.17) is 11.6 Å². The highest BCUT2D eigenvalue weighted by Crippen LogP contribution is 2.24. The summed E-state index contributed by atoms with van der Waals surface area (Å²) in [5.74, 6) is -0.203. The first-order valence-electron chi connectivity index (χ1n) is 11.7. The second-order valence-corrected chi connectivity index (χ2v) is 11.2. The van der Waals surface area contributed by atoms with Crippen LogP contribution in [0.4, 0.5) is 0 Å². The molecule has 0 aliphatic carbocycles. The van der Waals surface area contributed by atoms with Crippen molar-refractivity contribution in [3.8, 4) is 0 Å². The maximum atomic E-state index is 13.1. The van der Waals surface area contributed by atoms with E-state index in [9.17, 15) is 13.2 Å². The van der Waals surface area contributed by atoms with Gasteiger partial charge in [-0.1, -0.05) is 48.0 Å². The molecule has 0 atom stereocenters. The van der Waals surface area contributed by atoms with Crippen LogP contribution in [0, 0.1) is 0 Å². The van der Waals surface area contributed by atoms with Gasteiger partial charge in [-0.15, -0.1) is 0 Å². The summed E-state index contributed by atoms with van der Waals surface area (Å²) in [4.78, 5) is 25.7. The number of pyridine rings is 2. The molecule has 2 aromatic carbocycles. The van der Waals surface area contributed by atoms with Gasteiger partial charge < -0.3 is 4.90 Å². The molecule has 1 aliphatic heterocycles. The van der Waals surface area contributed by atoms with Crippen LogP contribution < -0.4 is 0 Å². The number of aromatic nitrogens is 2. The van der Waals surface area contributed by atoms with E-state index in [-0.39, 0.29) is 16.6 Å². The molecule has 36 heavy (non-hydrogen) atoms. The van der Waals surface area contributed by atoms with E-state index in [1.807, 2.05) is 23.1 Å². The van der Waals surface area contributed by atoms with Gasteiger partial charge in [-0.25, -0.2) is 13.4 Å². The Morgan fingerprint density at radius 2 is 1.58 bits per heavy atom. The number of amides is 1. The minimum atomic E-state index is -3.60. The minimum absolute atomic E-state index is 0.0459. The summed E-state index contributed by atoms with van der Waals surface area (Å²) in [6, 6.07) is 19.4. The van der Waals surface area contributed by atoms with E-state index >= 15 is 0 Å². The second-order valence-electron chi connectivity index (χ2n) is 8.84. The lowest BCUT2D eigenvalue weighted by molar-refractivity contribution is 0.0628. The van der Waals surface area contributed by atoms with Crippen molar-refractivity contribution >= 4 is 38.2 Å². The zero-order valence-corrected chi connectivity index (χ0v) is 21.1. The number of hydrogen-bond acceptors (Lipinski definition) is 6. The maximum Gasteiger partial charge on any atom is 0.253 e. The SMILES string of the molecule is O=C(c1ccc(CS(=O)(=O)c2cccc3cccnc23)cc1)N1CCN(Cc2ccc(Cl)nc2)CC1. The van der Waals surface area contributed by atoms with Gasteiger partial charge in [0.25, 0.3) is 5.91 Å². The lowest BCUT2D eigenvalue weighted by atomic mass is 10.1.